The summed E-state index contributed by atoms with van der Waals surface area (Å²) in [5.41, 5.74) is 0. The molecule has 0 spiro atoms. The number of alkyl halides is 1. The van der Waals surface area contributed by atoms with Crippen LogP contribution in [0.5, 0.6) is 0 Å². The van der Waals surface area contributed by atoms with Crippen LogP contribution in [0.25, 0.3) is 0 Å². The first-order chi connectivity index (χ1) is 7.52. The molecule has 0 aliphatic carbocycles. The predicted octanol–water partition coefficient (Wildman–Crippen LogP) is 2.00. The smallest absolute Gasteiger partial charge is 0.276 e. The van der Waals surface area contributed by atoms with Crippen LogP contribution in [0, 0.1) is 0 Å². The minimum atomic E-state index is -3.51. The summed E-state index contributed by atoms with van der Waals surface area (Å²) in [5.74, 6) is 1.38. The molecular weight excluding hydrogens is 270 g/mol. The third kappa shape index (κ3) is 3.16. The lowest BCUT2D eigenvalue weighted by Crippen LogP contribution is -2.28. The number of nitrogens with zero attached hydrogens (tertiary/aromatic N) is 1. The summed E-state index contributed by atoms with van der Waals surface area (Å²) in [7, 11) is -1.97. The molecule has 0 saturated carbocycles. The Kier molecular flexibility index (Phi) is 5.17. The van der Waals surface area contributed by atoms with E-state index >= 15 is 0 Å². The average molecular weight is 284 g/mol. The molecule has 7 heteroatoms. The van der Waals surface area contributed by atoms with E-state index in [0.29, 0.717) is 12.3 Å². The normalized spacial score (nSPS) is 12.2. The molecular formula is C9H14ClNO3S2. The van der Waals surface area contributed by atoms with Gasteiger partial charge in [0, 0.05) is 19.3 Å². The van der Waals surface area contributed by atoms with Gasteiger partial charge in [0.05, 0.1) is 5.88 Å². The summed E-state index contributed by atoms with van der Waals surface area (Å²) < 4.78 is 30.3. The van der Waals surface area contributed by atoms with Crippen LogP contribution < -0.4 is 0 Å². The molecule has 1 rings (SSSR count). The highest BCUT2D eigenvalue weighted by Gasteiger charge is 2.23. The third-order valence-electron chi connectivity index (χ3n) is 2.04. The molecule has 1 aromatic heterocycles. The molecule has 0 saturated heterocycles. The van der Waals surface area contributed by atoms with Crippen molar-refractivity contribution in [3.05, 3.63) is 17.9 Å². The third-order valence-corrected chi connectivity index (χ3v) is 4.63. The van der Waals surface area contributed by atoms with Crippen molar-refractivity contribution < 1.29 is 12.8 Å². The average Bonchev–Trinajstić information content (AvgIpc) is 2.74. The molecule has 1 heterocycles. The topological polar surface area (TPSA) is 50.5 Å². The van der Waals surface area contributed by atoms with Crippen molar-refractivity contribution in [1.29, 1.82) is 0 Å². The van der Waals surface area contributed by atoms with Gasteiger partial charge in [0.15, 0.2) is 0 Å². The largest absolute Gasteiger partial charge is 0.447 e. The van der Waals surface area contributed by atoms with Crippen LogP contribution in [-0.4, -0.2) is 38.3 Å². The highest BCUT2D eigenvalue weighted by molar-refractivity contribution is 7.98. The molecule has 1 aromatic rings. The SMILES string of the molecule is CSCCN(C)S(=O)(=O)c1ccc(CCl)o1. The molecule has 4 nitrogen and oxygen atoms in total. The second-order valence-electron chi connectivity index (χ2n) is 3.17. The summed E-state index contributed by atoms with van der Waals surface area (Å²) in [5, 5.41) is -0.0493. The van der Waals surface area contributed by atoms with Crippen molar-refractivity contribution in [3.8, 4) is 0 Å². The van der Waals surface area contributed by atoms with Gasteiger partial charge in [0.2, 0.25) is 5.09 Å². The molecule has 0 bridgehead atoms. The number of thioether (sulfide) groups is 1. The lowest BCUT2D eigenvalue weighted by molar-refractivity contribution is 0.400. The Bertz CT molecular complexity index is 430. The van der Waals surface area contributed by atoms with Crippen molar-refractivity contribution in [2.75, 3.05) is 25.6 Å². The number of furan rings is 1. The number of hydrogen-bond donors (Lipinski definition) is 0. The van der Waals surface area contributed by atoms with Gasteiger partial charge < -0.3 is 4.42 Å². The molecule has 0 fully saturated rings. The molecule has 92 valence electrons. The van der Waals surface area contributed by atoms with E-state index in [9.17, 15) is 8.42 Å². The van der Waals surface area contributed by atoms with Crippen LogP contribution in [0.1, 0.15) is 5.76 Å². The Morgan fingerprint density at radius 3 is 2.69 bits per heavy atom. The van der Waals surface area contributed by atoms with Crippen molar-refractivity contribution in [2.24, 2.45) is 0 Å². The number of halogens is 1. The first-order valence-corrected chi connectivity index (χ1v) is 7.99. The van der Waals surface area contributed by atoms with Crippen LogP contribution >= 0.6 is 23.4 Å². The van der Waals surface area contributed by atoms with E-state index in [1.165, 1.54) is 17.4 Å². The van der Waals surface area contributed by atoms with Gasteiger partial charge in [-0.05, 0) is 18.4 Å². The fourth-order valence-electron chi connectivity index (χ4n) is 1.06. The summed E-state index contributed by atoms with van der Waals surface area (Å²) in [6.07, 6.45) is 1.93. The Balaban J connectivity index is 2.84. The lowest BCUT2D eigenvalue weighted by Gasteiger charge is -2.14. The van der Waals surface area contributed by atoms with Crippen LogP contribution in [-0.2, 0) is 15.9 Å². The van der Waals surface area contributed by atoms with Gasteiger partial charge in [-0.2, -0.15) is 16.1 Å². The fraction of sp³-hybridized carbons (Fsp3) is 0.556. The standard InChI is InChI=1S/C9H14ClNO3S2/c1-11(5-6-15-2)16(12,13)9-4-3-8(7-10)14-9/h3-4H,5-7H2,1-2H3. The maximum atomic E-state index is 11.9. The van der Waals surface area contributed by atoms with Crippen molar-refractivity contribution in [3.63, 3.8) is 0 Å². The molecule has 0 atom stereocenters. The molecule has 16 heavy (non-hydrogen) atoms. The maximum Gasteiger partial charge on any atom is 0.276 e. The zero-order chi connectivity index (χ0) is 12.2. The molecule has 0 aliphatic rings. The van der Waals surface area contributed by atoms with Crippen LogP contribution in [0.4, 0.5) is 0 Å². The van der Waals surface area contributed by atoms with E-state index in [1.54, 1.807) is 17.8 Å². The number of rotatable bonds is 6. The van der Waals surface area contributed by atoms with Gasteiger partial charge in [-0.3, -0.25) is 0 Å². The van der Waals surface area contributed by atoms with Crippen LogP contribution in [0.15, 0.2) is 21.6 Å². The van der Waals surface area contributed by atoms with E-state index in [1.807, 2.05) is 6.26 Å². The Morgan fingerprint density at radius 1 is 1.50 bits per heavy atom. The van der Waals surface area contributed by atoms with Crippen molar-refractivity contribution in [2.45, 2.75) is 11.0 Å². The van der Waals surface area contributed by atoms with Crippen molar-refractivity contribution in [1.82, 2.24) is 4.31 Å². The molecule has 0 N–H and O–H groups in total. The summed E-state index contributed by atoms with van der Waals surface area (Å²) in [6.45, 7) is 0.459. The highest BCUT2D eigenvalue weighted by atomic mass is 35.5. The summed E-state index contributed by atoms with van der Waals surface area (Å²) in [6, 6.07) is 3.00. The van der Waals surface area contributed by atoms with Gasteiger partial charge in [-0.15, -0.1) is 11.6 Å². The molecule has 0 amide bonds. The lowest BCUT2D eigenvalue weighted by atomic mass is 10.5. The van der Waals surface area contributed by atoms with Gasteiger partial charge in [0.25, 0.3) is 10.0 Å². The van der Waals surface area contributed by atoms with Crippen molar-refractivity contribution >= 4 is 33.4 Å². The molecule has 0 aromatic carbocycles. The van der Waals surface area contributed by atoms with Gasteiger partial charge in [-0.25, -0.2) is 8.42 Å². The zero-order valence-corrected chi connectivity index (χ0v) is 11.5. The van der Waals surface area contributed by atoms with E-state index in [0.717, 1.165) is 5.75 Å². The second-order valence-corrected chi connectivity index (χ2v) is 6.40. The first kappa shape index (κ1) is 13.9. The van der Waals surface area contributed by atoms with Gasteiger partial charge >= 0.3 is 0 Å². The highest BCUT2D eigenvalue weighted by Crippen LogP contribution is 2.18. The van der Waals surface area contributed by atoms with E-state index in [4.69, 9.17) is 16.0 Å². The van der Waals surface area contributed by atoms with Gasteiger partial charge in [-0.1, -0.05) is 0 Å². The molecule has 0 aliphatic heterocycles. The van der Waals surface area contributed by atoms with Gasteiger partial charge in [0.1, 0.15) is 5.76 Å². The predicted molar refractivity (Wildman–Crippen MR) is 66.5 cm³/mol. The monoisotopic (exact) mass is 283 g/mol. The fourth-order valence-corrected chi connectivity index (χ4v) is 2.87. The minimum absolute atomic E-state index is 0.0493. The number of hydrogen-bond acceptors (Lipinski definition) is 4. The first-order valence-electron chi connectivity index (χ1n) is 4.62. The Morgan fingerprint density at radius 2 is 2.19 bits per heavy atom. The van der Waals surface area contributed by atoms with Crippen LogP contribution in [0.3, 0.4) is 0 Å². The Hall–Kier alpha value is -0.170. The summed E-state index contributed by atoms with van der Waals surface area (Å²) in [4.78, 5) is 0. The molecule has 0 unspecified atom stereocenters. The summed E-state index contributed by atoms with van der Waals surface area (Å²) >= 11 is 7.14. The quantitative estimate of drug-likeness (QED) is 0.750. The van der Waals surface area contributed by atoms with E-state index in [2.05, 4.69) is 0 Å². The van der Waals surface area contributed by atoms with E-state index in [-0.39, 0.29) is 11.0 Å². The Labute approximate surface area is 105 Å². The minimum Gasteiger partial charge on any atom is -0.447 e. The maximum absolute atomic E-state index is 11.9. The second kappa shape index (κ2) is 5.95. The molecule has 0 radical (unpaired) electrons. The van der Waals surface area contributed by atoms with Crippen LogP contribution in [0.2, 0.25) is 0 Å². The van der Waals surface area contributed by atoms with E-state index < -0.39 is 10.0 Å². The zero-order valence-electron chi connectivity index (χ0n) is 9.14. The number of sulfonamides is 1.